The van der Waals surface area contributed by atoms with Crippen LogP contribution in [0, 0.1) is 18.8 Å². The molecule has 2 aromatic rings. The van der Waals surface area contributed by atoms with Crippen molar-refractivity contribution >= 4 is 11.8 Å². The van der Waals surface area contributed by atoms with Gasteiger partial charge >= 0.3 is 0 Å². The Morgan fingerprint density at radius 2 is 2.20 bits per heavy atom. The predicted molar refractivity (Wildman–Crippen MR) is 79.6 cm³/mol. The zero-order valence-electron chi connectivity index (χ0n) is 11.0. The lowest BCUT2D eigenvalue weighted by Crippen LogP contribution is -2.08. The fraction of sp³-hybridized carbons (Fsp3) is 0.200. The van der Waals surface area contributed by atoms with E-state index in [1.165, 1.54) is 17.8 Å². The molecule has 1 aromatic heterocycles. The quantitative estimate of drug-likeness (QED) is 0.512. The fourth-order valence-corrected chi connectivity index (χ4v) is 2.59. The van der Waals surface area contributed by atoms with E-state index in [1.54, 1.807) is 6.92 Å². The molecule has 0 aliphatic carbocycles. The number of aromatic nitrogens is 2. The van der Waals surface area contributed by atoms with Gasteiger partial charge in [-0.15, -0.1) is 0 Å². The molecule has 0 amide bonds. The van der Waals surface area contributed by atoms with Crippen molar-refractivity contribution in [2.24, 2.45) is 0 Å². The maximum absolute atomic E-state index is 11.4. The van der Waals surface area contributed by atoms with Gasteiger partial charge in [-0.05, 0) is 18.6 Å². The van der Waals surface area contributed by atoms with Gasteiger partial charge in [0.25, 0.3) is 5.56 Å². The molecule has 0 aliphatic rings. The summed E-state index contributed by atoms with van der Waals surface area (Å²) in [4.78, 5) is 18.3. The molecule has 102 valence electrons. The van der Waals surface area contributed by atoms with Crippen molar-refractivity contribution in [3.8, 4) is 11.8 Å². The molecule has 0 unspecified atom stereocenters. The third-order valence-corrected chi connectivity index (χ3v) is 3.45. The number of hydrogen-bond donors (Lipinski definition) is 2. The highest BCUT2D eigenvalue weighted by molar-refractivity contribution is 7.98. The molecule has 1 heterocycles. The largest absolute Gasteiger partial charge is 0.384 e. The second kappa shape index (κ2) is 6.94. The molecule has 1 aromatic carbocycles. The van der Waals surface area contributed by atoms with Gasteiger partial charge in [0, 0.05) is 23.1 Å². The Morgan fingerprint density at radius 3 is 2.95 bits per heavy atom. The van der Waals surface area contributed by atoms with Crippen molar-refractivity contribution in [3.63, 3.8) is 0 Å². The van der Waals surface area contributed by atoms with Gasteiger partial charge in [-0.2, -0.15) is 0 Å². The van der Waals surface area contributed by atoms with Gasteiger partial charge in [0.1, 0.15) is 6.61 Å². The van der Waals surface area contributed by atoms with E-state index in [4.69, 9.17) is 5.11 Å². The van der Waals surface area contributed by atoms with Crippen molar-refractivity contribution < 1.29 is 5.11 Å². The normalized spacial score (nSPS) is 9.90. The third kappa shape index (κ3) is 3.98. The van der Waals surface area contributed by atoms with Gasteiger partial charge < -0.3 is 10.1 Å². The van der Waals surface area contributed by atoms with Crippen LogP contribution in [-0.2, 0) is 5.75 Å². The summed E-state index contributed by atoms with van der Waals surface area (Å²) >= 11 is 1.45. The molecule has 5 heteroatoms. The highest BCUT2D eigenvalue weighted by atomic mass is 32.2. The first-order chi connectivity index (χ1) is 9.69. The van der Waals surface area contributed by atoms with Crippen LogP contribution < -0.4 is 5.56 Å². The lowest BCUT2D eigenvalue weighted by atomic mass is 10.1. The van der Waals surface area contributed by atoms with Crippen LogP contribution in [0.2, 0.25) is 0 Å². The molecule has 0 bridgehead atoms. The number of aryl methyl sites for hydroxylation is 1. The summed E-state index contributed by atoms with van der Waals surface area (Å²) in [6.45, 7) is 1.63. The molecule has 20 heavy (non-hydrogen) atoms. The van der Waals surface area contributed by atoms with E-state index in [2.05, 4.69) is 21.8 Å². The number of rotatable bonds is 3. The van der Waals surface area contributed by atoms with Crippen molar-refractivity contribution in [1.82, 2.24) is 9.97 Å². The highest BCUT2D eigenvalue weighted by Gasteiger charge is 2.03. The van der Waals surface area contributed by atoms with Crippen molar-refractivity contribution in [2.75, 3.05) is 6.61 Å². The van der Waals surface area contributed by atoms with Crippen LogP contribution >= 0.6 is 11.8 Å². The molecular weight excluding hydrogens is 272 g/mol. The van der Waals surface area contributed by atoms with Crippen LogP contribution in [0.15, 0.2) is 40.3 Å². The summed E-state index contributed by atoms with van der Waals surface area (Å²) in [5, 5.41) is 9.36. The minimum Gasteiger partial charge on any atom is -0.384 e. The second-order valence-electron chi connectivity index (χ2n) is 4.10. The monoisotopic (exact) mass is 286 g/mol. The molecule has 2 rings (SSSR count). The van der Waals surface area contributed by atoms with Gasteiger partial charge in [0.2, 0.25) is 0 Å². The average Bonchev–Trinajstić information content (AvgIpc) is 2.43. The number of thioether (sulfide) groups is 1. The molecule has 0 radical (unpaired) electrons. The summed E-state index contributed by atoms with van der Waals surface area (Å²) < 4.78 is 0. The van der Waals surface area contributed by atoms with Gasteiger partial charge in [-0.3, -0.25) is 4.79 Å². The van der Waals surface area contributed by atoms with Gasteiger partial charge in [0.15, 0.2) is 5.16 Å². The van der Waals surface area contributed by atoms with Gasteiger partial charge in [0.05, 0.1) is 0 Å². The Labute approximate surface area is 121 Å². The standard InChI is InChI=1S/C15H14N2O2S/c1-11-9-14(19)17-15(16-11)20-10-13-6-3-2-5-12(13)7-4-8-18/h2-3,5-6,9,18H,8,10H2,1H3,(H,16,17,19). The maximum Gasteiger partial charge on any atom is 0.251 e. The minimum atomic E-state index is -0.158. The minimum absolute atomic E-state index is 0.145. The second-order valence-corrected chi connectivity index (χ2v) is 5.06. The van der Waals surface area contributed by atoms with E-state index in [9.17, 15) is 4.79 Å². The molecule has 2 N–H and O–H groups in total. The summed E-state index contributed by atoms with van der Waals surface area (Å²) in [6, 6.07) is 9.19. The number of nitrogens with zero attached hydrogens (tertiary/aromatic N) is 1. The molecule has 0 spiro atoms. The van der Waals surface area contributed by atoms with Crippen LogP contribution in [0.25, 0.3) is 0 Å². The Bertz CT molecular complexity index is 714. The van der Waals surface area contributed by atoms with E-state index in [-0.39, 0.29) is 12.2 Å². The smallest absolute Gasteiger partial charge is 0.251 e. The maximum atomic E-state index is 11.4. The Morgan fingerprint density at radius 1 is 1.40 bits per heavy atom. The number of aliphatic hydroxyl groups excluding tert-OH is 1. The molecule has 4 nitrogen and oxygen atoms in total. The SMILES string of the molecule is Cc1cc(=O)[nH]c(SCc2ccccc2C#CCO)n1. The topological polar surface area (TPSA) is 66.0 Å². The third-order valence-electron chi connectivity index (χ3n) is 2.53. The first-order valence-corrected chi connectivity index (χ1v) is 7.06. The van der Waals surface area contributed by atoms with E-state index in [0.29, 0.717) is 16.6 Å². The van der Waals surface area contributed by atoms with Crippen LogP contribution in [0.4, 0.5) is 0 Å². The Hall–Kier alpha value is -2.03. The predicted octanol–water partition coefficient (Wildman–Crippen LogP) is 1.71. The van der Waals surface area contributed by atoms with Crippen LogP contribution in [0.3, 0.4) is 0 Å². The summed E-state index contributed by atoms with van der Waals surface area (Å²) in [5.41, 5.74) is 2.48. The number of nitrogens with one attached hydrogen (secondary N) is 1. The molecule has 0 aliphatic heterocycles. The number of H-pyrrole nitrogens is 1. The molecule has 0 atom stereocenters. The molecule has 0 saturated heterocycles. The van der Waals surface area contributed by atoms with E-state index in [0.717, 1.165) is 11.1 Å². The Kier molecular flexibility index (Phi) is 4.99. The Balaban J connectivity index is 2.16. The fourth-order valence-electron chi connectivity index (χ4n) is 1.67. The van der Waals surface area contributed by atoms with Crippen molar-refractivity contribution in [3.05, 3.63) is 57.5 Å². The van der Waals surface area contributed by atoms with Crippen LogP contribution in [0.5, 0.6) is 0 Å². The van der Waals surface area contributed by atoms with Gasteiger partial charge in [-0.1, -0.05) is 41.8 Å². The van der Waals surface area contributed by atoms with E-state index < -0.39 is 0 Å². The highest BCUT2D eigenvalue weighted by Crippen LogP contribution is 2.20. The number of benzene rings is 1. The zero-order chi connectivity index (χ0) is 14.4. The summed E-state index contributed by atoms with van der Waals surface area (Å²) in [7, 11) is 0. The van der Waals surface area contributed by atoms with Crippen LogP contribution in [0.1, 0.15) is 16.8 Å². The molecule has 0 saturated carbocycles. The first kappa shape index (κ1) is 14.4. The zero-order valence-corrected chi connectivity index (χ0v) is 11.8. The summed E-state index contributed by atoms with van der Waals surface area (Å²) in [6.07, 6.45) is 0. The molecule has 0 fully saturated rings. The van der Waals surface area contributed by atoms with Crippen molar-refractivity contribution in [1.29, 1.82) is 0 Å². The summed E-state index contributed by atoms with van der Waals surface area (Å²) in [5.74, 6) is 6.22. The van der Waals surface area contributed by atoms with E-state index >= 15 is 0 Å². The number of aromatic amines is 1. The first-order valence-electron chi connectivity index (χ1n) is 6.07. The molecular formula is C15H14N2O2S. The van der Waals surface area contributed by atoms with Gasteiger partial charge in [-0.25, -0.2) is 4.98 Å². The van der Waals surface area contributed by atoms with Crippen molar-refractivity contribution in [2.45, 2.75) is 17.8 Å². The average molecular weight is 286 g/mol. The van der Waals surface area contributed by atoms with Crippen LogP contribution in [-0.4, -0.2) is 21.7 Å². The number of aliphatic hydroxyl groups is 1. The lowest BCUT2D eigenvalue weighted by molar-refractivity contribution is 0.350. The lowest BCUT2D eigenvalue weighted by Gasteiger charge is -2.04. The number of hydrogen-bond acceptors (Lipinski definition) is 4. The van der Waals surface area contributed by atoms with E-state index in [1.807, 2.05) is 24.3 Å².